The van der Waals surface area contributed by atoms with Gasteiger partial charge in [0.25, 0.3) is 0 Å². The molecule has 0 saturated carbocycles. The van der Waals surface area contributed by atoms with Crippen LogP contribution in [0.4, 0.5) is 0 Å². The van der Waals surface area contributed by atoms with Crippen molar-refractivity contribution in [2.45, 2.75) is 13.2 Å². The number of nitrogens with two attached hydrogens (primary N) is 1. The first kappa shape index (κ1) is 10.4. The van der Waals surface area contributed by atoms with Crippen LogP contribution in [-0.4, -0.2) is 13.9 Å². The van der Waals surface area contributed by atoms with Gasteiger partial charge in [-0.2, -0.15) is 0 Å². The second kappa shape index (κ2) is 3.94. The summed E-state index contributed by atoms with van der Waals surface area (Å²) in [7, 11) is 1.64. The Bertz CT molecular complexity index is 561. The van der Waals surface area contributed by atoms with Crippen LogP contribution < -0.4 is 15.2 Å². The van der Waals surface area contributed by atoms with E-state index in [2.05, 4.69) is 0 Å². The lowest BCUT2D eigenvalue weighted by Crippen LogP contribution is -1.99. The molecule has 0 amide bonds. The number of fused-ring (bicyclic) bond motifs is 2. The molecule has 3 rings (SSSR count). The predicted molar refractivity (Wildman–Crippen MR) is 60.9 cm³/mol. The SMILES string of the molecule is COCc1c(CN)oc2cc3c(cc12)OCO3. The summed E-state index contributed by atoms with van der Waals surface area (Å²) < 4.78 is 21.5. The Hall–Kier alpha value is -1.72. The molecule has 1 aromatic heterocycles. The van der Waals surface area contributed by atoms with Gasteiger partial charge in [0.2, 0.25) is 6.79 Å². The normalized spacial score (nSPS) is 13.5. The summed E-state index contributed by atoms with van der Waals surface area (Å²) in [6.45, 7) is 1.07. The average Bonchev–Trinajstić information content (AvgIpc) is 2.91. The molecule has 0 bridgehead atoms. The number of hydrogen-bond acceptors (Lipinski definition) is 5. The maximum Gasteiger partial charge on any atom is 0.231 e. The molecule has 1 aliphatic rings. The molecule has 0 radical (unpaired) electrons. The lowest BCUT2D eigenvalue weighted by molar-refractivity contribution is 0.174. The smallest absolute Gasteiger partial charge is 0.231 e. The molecule has 90 valence electrons. The van der Waals surface area contributed by atoms with Crippen molar-refractivity contribution in [3.63, 3.8) is 0 Å². The highest BCUT2D eigenvalue weighted by Crippen LogP contribution is 2.39. The quantitative estimate of drug-likeness (QED) is 0.878. The summed E-state index contributed by atoms with van der Waals surface area (Å²) in [5, 5.41) is 0.969. The maximum absolute atomic E-state index is 5.69. The molecule has 0 spiro atoms. The first-order valence-corrected chi connectivity index (χ1v) is 5.36. The van der Waals surface area contributed by atoms with Gasteiger partial charge in [-0.3, -0.25) is 0 Å². The van der Waals surface area contributed by atoms with Gasteiger partial charge in [-0.15, -0.1) is 0 Å². The number of benzene rings is 1. The topological polar surface area (TPSA) is 66.9 Å². The lowest BCUT2D eigenvalue weighted by Gasteiger charge is -1.99. The van der Waals surface area contributed by atoms with E-state index in [4.69, 9.17) is 24.4 Å². The van der Waals surface area contributed by atoms with Gasteiger partial charge in [0, 0.05) is 24.1 Å². The van der Waals surface area contributed by atoms with Crippen molar-refractivity contribution in [3.05, 3.63) is 23.5 Å². The number of rotatable bonds is 3. The average molecular weight is 235 g/mol. The molecule has 0 atom stereocenters. The van der Waals surface area contributed by atoms with Crippen LogP contribution in [0.5, 0.6) is 11.5 Å². The van der Waals surface area contributed by atoms with E-state index >= 15 is 0 Å². The predicted octanol–water partition coefficient (Wildman–Crippen LogP) is 1.77. The Kier molecular flexibility index (Phi) is 2.42. The van der Waals surface area contributed by atoms with Gasteiger partial charge in [-0.1, -0.05) is 0 Å². The Morgan fingerprint density at radius 3 is 2.76 bits per heavy atom. The van der Waals surface area contributed by atoms with Gasteiger partial charge < -0.3 is 24.4 Å². The zero-order valence-electron chi connectivity index (χ0n) is 9.49. The summed E-state index contributed by atoms with van der Waals surface area (Å²) in [4.78, 5) is 0. The number of furan rings is 1. The van der Waals surface area contributed by atoms with E-state index in [9.17, 15) is 0 Å². The van der Waals surface area contributed by atoms with Crippen molar-refractivity contribution in [1.82, 2.24) is 0 Å². The van der Waals surface area contributed by atoms with Crippen molar-refractivity contribution in [1.29, 1.82) is 0 Å². The minimum absolute atomic E-state index is 0.255. The highest BCUT2D eigenvalue weighted by atomic mass is 16.7. The van der Waals surface area contributed by atoms with Crippen LogP contribution in [0.25, 0.3) is 11.0 Å². The molecular formula is C12H13NO4. The number of hydrogen-bond donors (Lipinski definition) is 1. The molecule has 2 heterocycles. The van der Waals surface area contributed by atoms with Crippen LogP contribution >= 0.6 is 0 Å². The molecule has 1 aliphatic heterocycles. The molecule has 2 N–H and O–H groups in total. The molecule has 5 heteroatoms. The summed E-state index contributed by atoms with van der Waals surface area (Å²) in [6.07, 6.45) is 0. The highest BCUT2D eigenvalue weighted by Gasteiger charge is 2.20. The Labute approximate surface area is 98.0 Å². The van der Waals surface area contributed by atoms with Crippen molar-refractivity contribution in [2.75, 3.05) is 13.9 Å². The second-order valence-corrected chi connectivity index (χ2v) is 3.84. The van der Waals surface area contributed by atoms with Crippen molar-refractivity contribution in [2.24, 2.45) is 5.73 Å². The van der Waals surface area contributed by atoms with Crippen molar-refractivity contribution < 1.29 is 18.6 Å². The zero-order chi connectivity index (χ0) is 11.8. The number of ether oxygens (including phenoxy) is 3. The molecule has 5 nitrogen and oxygen atoms in total. The highest BCUT2D eigenvalue weighted by molar-refractivity contribution is 5.86. The van der Waals surface area contributed by atoms with E-state index in [1.54, 1.807) is 7.11 Å². The number of methoxy groups -OCH3 is 1. The monoisotopic (exact) mass is 235 g/mol. The third-order valence-electron chi connectivity index (χ3n) is 2.84. The van der Waals surface area contributed by atoms with Crippen LogP contribution in [0.2, 0.25) is 0 Å². The Morgan fingerprint density at radius 2 is 2.06 bits per heavy atom. The first-order valence-electron chi connectivity index (χ1n) is 5.36. The Balaban J connectivity index is 2.21. The van der Waals surface area contributed by atoms with Crippen LogP contribution in [0, 0.1) is 0 Å². The maximum atomic E-state index is 5.69. The summed E-state index contributed by atoms with van der Waals surface area (Å²) in [5.74, 6) is 2.18. The minimum atomic E-state index is 0.255. The van der Waals surface area contributed by atoms with E-state index in [0.29, 0.717) is 18.9 Å². The van der Waals surface area contributed by atoms with Gasteiger partial charge in [0.15, 0.2) is 11.5 Å². The van der Waals surface area contributed by atoms with Gasteiger partial charge in [0.05, 0.1) is 13.2 Å². The van der Waals surface area contributed by atoms with E-state index in [0.717, 1.165) is 28.0 Å². The summed E-state index contributed by atoms with van der Waals surface area (Å²) in [5.41, 5.74) is 7.38. The molecule has 17 heavy (non-hydrogen) atoms. The zero-order valence-corrected chi connectivity index (χ0v) is 9.49. The van der Waals surface area contributed by atoms with Crippen molar-refractivity contribution >= 4 is 11.0 Å². The summed E-state index contributed by atoms with van der Waals surface area (Å²) in [6, 6.07) is 3.74. The first-order chi connectivity index (χ1) is 8.33. The molecule has 2 aromatic rings. The summed E-state index contributed by atoms with van der Waals surface area (Å²) >= 11 is 0. The fourth-order valence-electron chi connectivity index (χ4n) is 2.06. The third kappa shape index (κ3) is 1.55. The van der Waals surface area contributed by atoms with Crippen LogP contribution in [0.3, 0.4) is 0 Å². The molecular weight excluding hydrogens is 222 g/mol. The Morgan fingerprint density at radius 1 is 1.29 bits per heavy atom. The largest absolute Gasteiger partial charge is 0.459 e. The molecule has 0 saturated heterocycles. The van der Waals surface area contributed by atoms with E-state index in [1.807, 2.05) is 12.1 Å². The van der Waals surface area contributed by atoms with Gasteiger partial charge in [-0.25, -0.2) is 0 Å². The van der Waals surface area contributed by atoms with E-state index in [-0.39, 0.29) is 6.79 Å². The van der Waals surface area contributed by atoms with Crippen LogP contribution in [-0.2, 0) is 17.9 Å². The van der Waals surface area contributed by atoms with Gasteiger partial charge >= 0.3 is 0 Å². The molecule has 0 unspecified atom stereocenters. The van der Waals surface area contributed by atoms with E-state index < -0.39 is 0 Å². The van der Waals surface area contributed by atoms with E-state index in [1.165, 1.54) is 0 Å². The third-order valence-corrected chi connectivity index (χ3v) is 2.84. The molecule has 0 aliphatic carbocycles. The fraction of sp³-hybridized carbons (Fsp3) is 0.333. The molecule has 0 fully saturated rings. The van der Waals surface area contributed by atoms with Crippen LogP contribution in [0.1, 0.15) is 11.3 Å². The molecule has 1 aromatic carbocycles. The fourth-order valence-corrected chi connectivity index (χ4v) is 2.06. The van der Waals surface area contributed by atoms with Gasteiger partial charge in [0.1, 0.15) is 11.3 Å². The van der Waals surface area contributed by atoms with Crippen LogP contribution in [0.15, 0.2) is 16.5 Å². The standard InChI is InChI=1S/C12H13NO4/c1-14-5-8-7-2-10-11(16-6-15-10)3-9(7)17-12(8)4-13/h2-3H,4-6,13H2,1H3. The van der Waals surface area contributed by atoms with Crippen molar-refractivity contribution in [3.8, 4) is 11.5 Å². The minimum Gasteiger partial charge on any atom is -0.459 e. The van der Waals surface area contributed by atoms with Gasteiger partial charge in [-0.05, 0) is 6.07 Å². The second-order valence-electron chi connectivity index (χ2n) is 3.84. The lowest BCUT2D eigenvalue weighted by atomic mass is 10.1.